The van der Waals surface area contributed by atoms with Crippen LogP contribution in [0.15, 0.2) is 36.4 Å². The molecule has 0 radical (unpaired) electrons. The Morgan fingerprint density at radius 1 is 1.09 bits per heavy atom. The van der Waals surface area contributed by atoms with Crippen molar-refractivity contribution in [2.24, 2.45) is 0 Å². The van der Waals surface area contributed by atoms with Gasteiger partial charge in [-0.15, -0.1) is 0 Å². The summed E-state index contributed by atoms with van der Waals surface area (Å²) >= 11 is 5.94. The first-order valence-corrected chi connectivity index (χ1v) is 7.21. The van der Waals surface area contributed by atoms with Crippen molar-refractivity contribution in [3.05, 3.63) is 41.4 Å². The van der Waals surface area contributed by atoms with Crippen LogP contribution in [0, 0.1) is 0 Å². The second-order valence-electron chi connectivity index (χ2n) is 4.78. The largest absolute Gasteiger partial charge is 0.496 e. The molecule has 0 bridgehead atoms. The zero-order chi connectivity index (χ0) is 16.4. The number of ether oxygens (including phenoxy) is 2. The fourth-order valence-corrected chi connectivity index (χ4v) is 2.39. The molecule has 6 nitrogen and oxygen atoms in total. The van der Waals surface area contributed by atoms with E-state index in [1.807, 2.05) is 24.3 Å². The predicted octanol–water partition coefficient (Wildman–Crippen LogP) is 3.39. The summed E-state index contributed by atoms with van der Waals surface area (Å²) < 4.78 is 10.8. The summed E-state index contributed by atoms with van der Waals surface area (Å²) in [4.78, 5) is 4.51. The van der Waals surface area contributed by atoms with Gasteiger partial charge in [-0.25, -0.2) is 4.98 Å². The van der Waals surface area contributed by atoms with Crippen LogP contribution in [0.5, 0.6) is 11.5 Å². The maximum atomic E-state index is 5.94. The average Bonchev–Trinajstić information content (AvgIpc) is 3.06. The number of aromatic amines is 1. The molecule has 1 heterocycles. The van der Waals surface area contributed by atoms with Crippen LogP contribution in [0.2, 0.25) is 5.02 Å². The van der Waals surface area contributed by atoms with Crippen molar-refractivity contribution < 1.29 is 9.47 Å². The van der Waals surface area contributed by atoms with Crippen molar-refractivity contribution >= 4 is 17.3 Å². The van der Waals surface area contributed by atoms with Gasteiger partial charge in [0, 0.05) is 5.56 Å². The van der Waals surface area contributed by atoms with E-state index in [1.165, 1.54) is 0 Å². The van der Waals surface area contributed by atoms with Crippen LogP contribution >= 0.6 is 11.6 Å². The van der Waals surface area contributed by atoms with Gasteiger partial charge >= 0.3 is 0 Å². The lowest BCUT2D eigenvalue weighted by Gasteiger charge is -2.10. The summed E-state index contributed by atoms with van der Waals surface area (Å²) in [5.41, 5.74) is 7.78. The minimum atomic E-state index is 0.477. The van der Waals surface area contributed by atoms with Crippen LogP contribution in [0.1, 0.15) is 0 Å². The molecule has 3 rings (SSSR count). The number of methoxy groups -OCH3 is 2. The SMILES string of the molecule is COc1cccc(OC)c1-c1nc(-c2ccc(Cl)c(N)c2)n[nH]1. The van der Waals surface area contributed by atoms with Crippen molar-refractivity contribution in [3.8, 4) is 34.3 Å². The van der Waals surface area contributed by atoms with Crippen LogP contribution in [-0.4, -0.2) is 29.4 Å². The standard InChI is InChI=1S/C16H15ClN4O2/c1-22-12-4-3-5-13(23-2)14(12)16-19-15(20-21-16)9-6-7-10(17)11(18)8-9/h3-8H,18H2,1-2H3,(H,19,20,21). The molecule has 0 atom stereocenters. The number of aromatic nitrogens is 3. The molecule has 2 aromatic carbocycles. The van der Waals surface area contributed by atoms with Gasteiger partial charge in [-0.05, 0) is 30.3 Å². The maximum Gasteiger partial charge on any atom is 0.181 e. The van der Waals surface area contributed by atoms with E-state index >= 15 is 0 Å². The minimum Gasteiger partial charge on any atom is -0.496 e. The maximum absolute atomic E-state index is 5.94. The van der Waals surface area contributed by atoms with Crippen LogP contribution in [0.4, 0.5) is 5.69 Å². The molecule has 118 valence electrons. The predicted molar refractivity (Wildman–Crippen MR) is 89.8 cm³/mol. The summed E-state index contributed by atoms with van der Waals surface area (Å²) in [7, 11) is 3.19. The number of benzene rings is 2. The molecule has 0 saturated carbocycles. The second-order valence-corrected chi connectivity index (χ2v) is 5.19. The van der Waals surface area contributed by atoms with E-state index in [0.717, 1.165) is 5.56 Å². The molecule has 0 aliphatic heterocycles. The van der Waals surface area contributed by atoms with Crippen LogP contribution in [-0.2, 0) is 0 Å². The molecular formula is C16H15ClN4O2. The molecule has 0 aliphatic rings. The molecule has 3 N–H and O–H groups in total. The number of hydrogen-bond acceptors (Lipinski definition) is 5. The first-order chi connectivity index (χ1) is 11.1. The zero-order valence-corrected chi connectivity index (χ0v) is 13.4. The van der Waals surface area contributed by atoms with Gasteiger partial charge in [-0.3, -0.25) is 5.10 Å². The van der Waals surface area contributed by atoms with Gasteiger partial charge in [-0.1, -0.05) is 17.7 Å². The number of hydrogen-bond donors (Lipinski definition) is 2. The Kier molecular flexibility index (Phi) is 4.08. The monoisotopic (exact) mass is 330 g/mol. The molecule has 0 aliphatic carbocycles. The highest BCUT2D eigenvalue weighted by Gasteiger charge is 2.17. The highest BCUT2D eigenvalue weighted by molar-refractivity contribution is 6.33. The Balaban J connectivity index is 2.07. The van der Waals surface area contributed by atoms with Crippen LogP contribution in [0.3, 0.4) is 0 Å². The number of halogens is 1. The minimum absolute atomic E-state index is 0.477. The van der Waals surface area contributed by atoms with Crippen molar-refractivity contribution in [1.82, 2.24) is 15.2 Å². The van der Waals surface area contributed by atoms with E-state index in [9.17, 15) is 0 Å². The van der Waals surface area contributed by atoms with E-state index in [0.29, 0.717) is 39.4 Å². The van der Waals surface area contributed by atoms with Crippen LogP contribution < -0.4 is 15.2 Å². The van der Waals surface area contributed by atoms with Gasteiger partial charge in [0.05, 0.1) is 24.9 Å². The molecule has 3 aromatic rings. The number of H-pyrrole nitrogens is 1. The van der Waals surface area contributed by atoms with Gasteiger partial charge < -0.3 is 15.2 Å². The zero-order valence-electron chi connectivity index (χ0n) is 12.6. The van der Waals surface area contributed by atoms with E-state index in [4.69, 9.17) is 26.8 Å². The van der Waals surface area contributed by atoms with E-state index in [-0.39, 0.29) is 0 Å². The van der Waals surface area contributed by atoms with Gasteiger partial charge in [0.15, 0.2) is 11.6 Å². The summed E-state index contributed by atoms with van der Waals surface area (Å²) in [6.07, 6.45) is 0. The van der Waals surface area contributed by atoms with Crippen molar-refractivity contribution in [1.29, 1.82) is 0 Å². The number of nitrogens with two attached hydrogens (primary N) is 1. The van der Waals surface area contributed by atoms with Crippen molar-refractivity contribution in [2.45, 2.75) is 0 Å². The molecule has 7 heteroatoms. The number of rotatable bonds is 4. The smallest absolute Gasteiger partial charge is 0.181 e. The fourth-order valence-electron chi connectivity index (χ4n) is 2.27. The molecule has 0 spiro atoms. The third kappa shape index (κ3) is 2.80. The molecule has 0 fully saturated rings. The quantitative estimate of drug-likeness (QED) is 0.716. The Bertz CT molecular complexity index is 826. The highest BCUT2D eigenvalue weighted by atomic mass is 35.5. The van der Waals surface area contributed by atoms with E-state index < -0.39 is 0 Å². The highest BCUT2D eigenvalue weighted by Crippen LogP contribution is 2.37. The molecule has 0 saturated heterocycles. The van der Waals surface area contributed by atoms with E-state index in [2.05, 4.69) is 15.2 Å². The normalized spacial score (nSPS) is 10.6. The van der Waals surface area contributed by atoms with E-state index in [1.54, 1.807) is 26.4 Å². The Hall–Kier alpha value is -2.73. The second kappa shape index (κ2) is 6.18. The Morgan fingerprint density at radius 2 is 1.78 bits per heavy atom. The number of anilines is 1. The fraction of sp³-hybridized carbons (Fsp3) is 0.125. The van der Waals surface area contributed by atoms with Gasteiger partial charge in [0.2, 0.25) is 0 Å². The average molecular weight is 331 g/mol. The first kappa shape index (κ1) is 15.2. The third-order valence-corrected chi connectivity index (χ3v) is 3.75. The molecule has 1 aromatic heterocycles. The molecule has 23 heavy (non-hydrogen) atoms. The lowest BCUT2D eigenvalue weighted by molar-refractivity contribution is 0.397. The summed E-state index contributed by atoms with van der Waals surface area (Å²) in [5, 5.41) is 7.64. The van der Waals surface area contributed by atoms with Crippen LogP contribution in [0.25, 0.3) is 22.8 Å². The van der Waals surface area contributed by atoms with Gasteiger partial charge in [0.25, 0.3) is 0 Å². The van der Waals surface area contributed by atoms with Crippen molar-refractivity contribution in [2.75, 3.05) is 20.0 Å². The lowest BCUT2D eigenvalue weighted by Crippen LogP contribution is -1.94. The Morgan fingerprint density at radius 3 is 2.39 bits per heavy atom. The topological polar surface area (TPSA) is 86.1 Å². The summed E-state index contributed by atoms with van der Waals surface area (Å²) in [5.74, 6) is 2.34. The van der Waals surface area contributed by atoms with Gasteiger partial charge in [0.1, 0.15) is 17.1 Å². The lowest BCUT2D eigenvalue weighted by atomic mass is 10.1. The number of nitrogens with one attached hydrogen (secondary N) is 1. The summed E-state index contributed by atoms with van der Waals surface area (Å²) in [6, 6.07) is 10.8. The van der Waals surface area contributed by atoms with Crippen molar-refractivity contribution in [3.63, 3.8) is 0 Å². The van der Waals surface area contributed by atoms with Gasteiger partial charge in [-0.2, -0.15) is 5.10 Å². The molecule has 0 amide bonds. The first-order valence-electron chi connectivity index (χ1n) is 6.83. The molecule has 0 unspecified atom stereocenters. The molecular weight excluding hydrogens is 316 g/mol. The number of nitrogens with zero attached hydrogens (tertiary/aromatic N) is 2. The third-order valence-electron chi connectivity index (χ3n) is 3.40. The summed E-state index contributed by atoms with van der Waals surface area (Å²) in [6.45, 7) is 0. The Labute approximate surface area is 138 Å². The number of nitrogen functional groups attached to an aromatic ring is 1.